The molecule has 0 aliphatic rings. The van der Waals surface area contributed by atoms with E-state index in [9.17, 15) is 4.79 Å². The molecular formula is C11H15NO3. The van der Waals surface area contributed by atoms with Gasteiger partial charge in [-0.2, -0.15) is 0 Å². The van der Waals surface area contributed by atoms with Crippen molar-refractivity contribution < 1.29 is 14.3 Å². The lowest BCUT2D eigenvalue weighted by Gasteiger charge is -2.12. The normalized spacial score (nSPS) is 11.9. The summed E-state index contributed by atoms with van der Waals surface area (Å²) in [5.74, 6) is 0.0565. The zero-order valence-corrected chi connectivity index (χ0v) is 9.19. The molecule has 0 saturated carbocycles. The summed E-state index contributed by atoms with van der Waals surface area (Å²) in [4.78, 5) is 15.3. The van der Waals surface area contributed by atoms with Crippen LogP contribution in [0.4, 0.5) is 0 Å². The Hall–Kier alpha value is -1.58. The molecule has 0 unspecified atom stereocenters. The van der Waals surface area contributed by atoms with Crippen molar-refractivity contribution >= 4 is 5.97 Å². The summed E-state index contributed by atoms with van der Waals surface area (Å²) < 4.78 is 10.1. The molecule has 1 rings (SSSR count). The molecule has 0 radical (unpaired) electrons. The van der Waals surface area contributed by atoms with Crippen molar-refractivity contribution in [2.45, 2.75) is 26.9 Å². The van der Waals surface area contributed by atoms with E-state index in [1.807, 2.05) is 13.0 Å². The van der Waals surface area contributed by atoms with Crippen LogP contribution >= 0.6 is 0 Å². The average molecular weight is 209 g/mol. The molecule has 1 aromatic heterocycles. The Bertz CT molecular complexity index is 321. The molecular weight excluding hydrogens is 194 g/mol. The van der Waals surface area contributed by atoms with Gasteiger partial charge >= 0.3 is 5.97 Å². The third-order valence-electron chi connectivity index (χ3n) is 1.80. The number of aryl methyl sites for hydroxylation is 1. The van der Waals surface area contributed by atoms with Gasteiger partial charge in [-0.3, -0.25) is 0 Å². The maximum Gasteiger partial charge on any atom is 0.347 e. The quantitative estimate of drug-likeness (QED) is 0.708. The second-order valence-corrected chi connectivity index (χ2v) is 3.19. The zero-order valence-electron chi connectivity index (χ0n) is 9.19. The summed E-state index contributed by atoms with van der Waals surface area (Å²) in [5.41, 5.74) is 1.05. The predicted molar refractivity (Wildman–Crippen MR) is 55.7 cm³/mol. The Morgan fingerprint density at radius 1 is 1.53 bits per heavy atom. The number of aromatic nitrogens is 1. The summed E-state index contributed by atoms with van der Waals surface area (Å²) in [6, 6.07) is 3.60. The highest BCUT2D eigenvalue weighted by molar-refractivity contribution is 5.74. The number of hydrogen-bond acceptors (Lipinski definition) is 4. The van der Waals surface area contributed by atoms with Crippen molar-refractivity contribution in [3.05, 3.63) is 23.9 Å². The van der Waals surface area contributed by atoms with Crippen LogP contribution in [0.3, 0.4) is 0 Å². The van der Waals surface area contributed by atoms with Crippen molar-refractivity contribution in [2.75, 3.05) is 6.61 Å². The Kier molecular flexibility index (Phi) is 4.09. The monoisotopic (exact) mass is 209 g/mol. The van der Waals surface area contributed by atoms with Gasteiger partial charge in [-0.15, -0.1) is 0 Å². The third-order valence-corrected chi connectivity index (χ3v) is 1.80. The number of nitrogens with zero attached hydrogens (tertiary/aromatic N) is 1. The second-order valence-electron chi connectivity index (χ2n) is 3.19. The molecule has 1 aromatic rings. The topological polar surface area (TPSA) is 48.4 Å². The first-order valence-electron chi connectivity index (χ1n) is 4.89. The molecule has 0 aliphatic heterocycles. The standard InChI is InChI=1S/C11H15NO3/c1-4-14-11(13)9(3)15-10-6-5-8(2)7-12-10/h5-7,9H,4H2,1-3H3/t9-/m1/s1. The van der Waals surface area contributed by atoms with Gasteiger partial charge in [0.05, 0.1) is 6.61 Å². The third kappa shape index (κ3) is 3.58. The molecule has 1 heterocycles. The minimum absolute atomic E-state index is 0.355. The van der Waals surface area contributed by atoms with Crippen molar-refractivity contribution in [2.24, 2.45) is 0 Å². The van der Waals surface area contributed by atoms with Crippen molar-refractivity contribution in [3.8, 4) is 5.88 Å². The van der Waals surface area contributed by atoms with E-state index in [-0.39, 0.29) is 5.97 Å². The van der Waals surface area contributed by atoms with Crippen LogP contribution in [0, 0.1) is 6.92 Å². The molecule has 1 atom stereocenters. The molecule has 0 amide bonds. The first kappa shape index (κ1) is 11.5. The molecule has 0 saturated heterocycles. The SMILES string of the molecule is CCOC(=O)[C@@H](C)Oc1ccc(C)cn1. The predicted octanol–water partition coefficient (Wildman–Crippen LogP) is 1.72. The maximum absolute atomic E-state index is 11.2. The summed E-state index contributed by atoms with van der Waals surface area (Å²) >= 11 is 0. The summed E-state index contributed by atoms with van der Waals surface area (Å²) in [7, 11) is 0. The van der Waals surface area contributed by atoms with E-state index in [1.54, 1.807) is 26.1 Å². The second kappa shape index (κ2) is 5.34. The number of carbonyl (C=O) groups is 1. The Labute approximate surface area is 89.2 Å². The fraction of sp³-hybridized carbons (Fsp3) is 0.455. The molecule has 0 aliphatic carbocycles. The van der Waals surface area contributed by atoms with E-state index < -0.39 is 6.10 Å². The first-order valence-corrected chi connectivity index (χ1v) is 4.89. The van der Waals surface area contributed by atoms with Gasteiger partial charge in [-0.05, 0) is 26.3 Å². The highest BCUT2D eigenvalue weighted by Gasteiger charge is 2.15. The Morgan fingerprint density at radius 3 is 2.80 bits per heavy atom. The number of hydrogen-bond donors (Lipinski definition) is 0. The van der Waals surface area contributed by atoms with E-state index >= 15 is 0 Å². The van der Waals surface area contributed by atoms with Gasteiger partial charge in [-0.1, -0.05) is 6.07 Å². The van der Waals surface area contributed by atoms with Gasteiger partial charge in [0.25, 0.3) is 0 Å². The van der Waals surface area contributed by atoms with E-state index in [2.05, 4.69) is 4.98 Å². The highest BCUT2D eigenvalue weighted by atomic mass is 16.6. The largest absolute Gasteiger partial charge is 0.463 e. The van der Waals surface area contributed by atoms with E-state index in [1.165, 1.54) is 0 Å². The van der Waals surface area contributed by atoms with Gasteiger partial charge in [0.15, 0.2) is 6.10 Å². The molecule has 0 spiro atoms. The van der Waals surface area contributed by atoms with Gasteiger partial charge in [0.1, 0.15) is 0 Å². The summed E-state index contributed by atoms with van der Waals surface area (Å²) in [6.07, 6.45) is 1.06. The molecule has 0 N–H and O–H groups in total. The first-order chi connectivity index (χ1) is 7.13. The summed E-state index contributed by atoms with van der Waals surface area (Å²) in [5, 5.41) is 0. The molecule has 4 nitrogen and oxygen atoms in total. The van der Waals surface area contributed by atoms with Crippen LogP contribution in [0.1, 0.15) is 19.4 Å². The van der Waals surface area contributed by atoms with Crippen molar-refractivity contribution in [3.63, 3.8) is 0 Å². The fourth-order valence-corrected chi connectivity index (χ4v) is 1.01. The van der Waals surface area contributed by atoms with Crippen LogP contribution in [-0.2, 0) is 9.53 Å². The lowest BCUT2D eigenvalue weighted by atomic mass is 10.3. The van der Waals surface area contributed by atoms with Crippen LogP contribution < -0.4 is 4.74 Å². The van der Waals surface area contributed by atoms with Gasteiger partial charge < -0.3 is 9.47 Å². The molecule has 82 valence electrons. The maximum atomic E-state index is 11.2. The minimum Gasteiger partial charge on any atom is -0.463 e. The number of rotatable bonds is 4. The smallest absolute Gasteiger partial charge is 0.347 e. The molecule has 0 fully saturated rings. The average Bonchev–Trinajstić information content (AvgIpc) is 2.22. The number of pyridine rings is 1. The van der Waals surface area contributed by atoms with Gasteiger partial charge in [0.2, 0.25) is 5.88 Å². The van der Waals surface area contributed by atoms with Crippen LogP contribution in [0.25, 0.3) is 0 Å². The van der Waals surface area contributed by atoms with Crippen molar-refractivity contribution in [1.29, 1.82) is 0 Å². The van der Waals surface area contributed by atoms with E-state index in [0.29, 0.717) is 12.5 Å². The Morgan fingerprint density at radius 2 is 2.27 bits per heavy atom. The van der Waals surface area contributed by atoms with Crippen LogP contribution in [0.2, 0.25) is 0 Å². The van der Waals surface area contributed by atoms with Crippen LogP contribution in [-0.4, -0.2) is 23.7 Å². The van der Waals surface area contributed by atoms with Gasteiger partial charge in [0, 0.05) is 12.3 Å². The van der Waals surface area contributed by atoms with E-state index in [0.717, 1.165) is 5.56 Å². The fourth-order valence-electron chi connectivity index (χ4n) is 1.01. The summed E-state index contributed by atoms with van der Waals surface area (Å²) in [6.45, 7) is 5.69. The van der Waals surface area contributed by atoms with Crippen LogP contribution in [0.5, 0.6) is 5.88 Å². The lowest BCUT2D eigenvalue weighted by molar-refractivity contribution is -0.150. The zero-order chi connectivity index (χ0) is 11.3. The minimum atomic E-state index is -0.625. The number of ether oxygens (including phenoxy) is 2. The molecule has 4 heteroatoms. The van der Waals surface area contributed by atoms with E-state index in [4.69, 9.17) is 9.47 Å². The van der Waals surface area contributed by atoms with Crippen LogP contribution in [0.15, 0.2) is 18.3 Å². The van der Waals surface area contributed by atoms with Gasteiger partial charge in [-0.25, -0.2) is 9.78 Å². The van der Waals surface area contributed by atoms with Crippen molar-refractivity contribution in [1.82, 2.24) is 4.98 Å². The molecule has 15 heavy (non-hydrogen) atoms. The number of carbonyl (C=O) groups excluding carboxylic acids is 1. The lowest BCUT2D eigenvalue weighted by Crippen LogP contribution is -2.26. The Balaban J connectivity index is 2.54. The molecule has 0 aromatic carbocycles. The highest BCUT2D eigenvalue weighted by Crippen LogP contribution is 2.09. The molecule has 0 bridgehead atoms. The number of esters is 1.